The summed E-state index contributed by atoms with van der Waals surface area (Å²) in [6.07, 6.45) is 2.74. The van der Waals surface area contributed by atoms with Crippen molar-refractivity contribution in [3.63, 3.8) is 0 Å². The number of aliphatic hydroxyl groups excluding tert-OH is 1. The minimum Gasteiger partial charge on any atom is -0.473 e. The van der Waals surface area contributed by atoms with Crippen molar-refractivity contribution in [3.05, 3.63) is 23.9 Å². The van der Waals surface area contributed by atoms with Gasteiger partial charge in [0.25, 0.3) is 5.91 Å². The molecule has 6 nitrogen and oxygen atoms in total. The molecular weight excluding hydrogens is 292 g/mol. The maximum absolute atomic E-state index is 12.1. The van der Waals surface area contributed by atoms with Gasteiger partial charge in [0, 0.05) is 18.5 Å². The maximum atomic E-state index is 12.1. The van der Waals surface area contributed by atoms with Crippen molar-refractivity contribution in [2.45, 2.75) is 12.5 Å². The Morgan fingerprint density at radius 1 is 1.52 bits per heavy atom. The number of thioether (sulfide) groups is 1. The second-order valence-corrected chi connectivity index (χ2v) is 5.70. The molecule has 0 spiro atoms. The molecule has 2 N–H and O–H groups in total. The molecule has 1 unspecified atom stereocenters. The number of hydrogen-bond acceptors (Lipinski definition) is 6. The molecule has 1 aromatic heterocycles. The zero-order valence-corrected chi connectivity index (χ0v) is 12.6. The van der Waals surface area contributed by atoms with Crippen LogP contribution in [0.5, 0.6) is 5.88 Å². The predicted molar refractivity (Wildman–Crippen MR) is 80.8 cm³/mol. The fourth-order valence-corrected chi connectivity index (χ4v) is 3.01. The van der Waals surface area contributed by atoms with Crippen LogP contribution in [0.15, 0.2) is 18.3 Å². The van der Waals surface area contributed by atoms with E-state index in [0.29, 0.717) is 24.6 Å². The first-order chi connectivity index (χ1) is 10.3. The van der Waals surface area contributed by atoms with Crippen molar-refractivity contribution in [1.29, 1.82) is 0 Å². The Hall–Kier alpha value is -1.31. The topological polar surface area (TPSA) is 80.7 Å². The van der Waals surface area contributed by atoms with Gasteiger partial charge in [0.1, 0.15) is 11.7 Å². The Morgan fingerprint density at radius 2 is 2.43 bits per heavy atom. The van der Waals surface area contributed by atoms with E-state index in [4.69, 9.17) is 14.6 Å². The average molecular weight is 312 g/mol. The van der Waals surface area contributed by atoms with E-state index in [2.05, 4.69) is 10.3 Å². The van der Waals surface area contributed by atoms with E-state index in [1.54, 1.807) is 18.3 Å². The number of aliphatic hydroxyl groups is 1. The van der Waals surface area contributed by atoms with Crippen LogP contribution in [-0.2, 0) is 4.74 Å². The first kappa shape index (κ1) is 16.1. The van der Waals surface area contributed by atoms with Crippen LogP contribution < -0.4 is 10.1 Å². The molecule has 2 rings (SSSR count). The maximum Gasteiger partial charge on any atom is 0.256 e. The number of nitrogens with one attached hydrogen (secondary N) is 1. The summed E-state index contributed by atoms with van der Waals surface area (Å²) in [5.74, 6) is 2.18. The van der Waals surface area contributed by atoms with E-state index in [1.165, 1.54) is 0 Å². The largest absolute Gasteiger partial charge is 0.473 e. The van der Waals surface area contributed by atoms with Crippen molar-refractivity contribution >= 4 is 17.7 Å². The molecule has 21 heavy (non-hydrogen) atoms. The Morgan fingerprint density at radius 3 is 3.19 bits per heavy atom. The number of pyridine rings is 1. The number of rotatable bonds is 8. The highest BCUT2D eigenvalue weighted by atomic mass is 32.2. The van der Waals surface area contributed by atoms with Gasteiger partial charge in [-0.25, -0.2) is 4.98 Å². The second kappa shape index (κ2) is 8.86. The van der Waals surface area contributed by atoms with E-state index in [1.807, 2.05) is 11.8 Å². The molecular formula is C14H20N2O4S. The summed E-state index contributed by atoms with van der Waals surface area (Å²) in [6.45, 7) is 0.999. The van der Waals surface area contributed by atoms with Gasteiger partial charge in [0.15, 0.2) is 0 Å². The number of ether oxygens (including phenoxy) is 2. The summed E-state index contributed by atoms with van der Waals surface area (Å²) in [7, 11) is 0. The lowest BCUT2D eigenvalue weighted by Crippen LogP contribution is -2.29. The molecule has 1 amide bonds. The quantitative estimate of drug-likeness (QED) is 0.688. The standard InChI is InChI=1S/C14H20N2O4S/c17-6-8-19-7-5-15-13(18)12-2-1-4-16-14(12)20-11-3-9-21-10-11/h1-2,4,11,17H,3,5-10H2,(H,15,18). The predicted octanol–water partition coefficient (Wildman–Crippen LogP) is 0.705. The summed E-state index contributed by atoms with van der Waals surface area (Å²) in [5.41, 5.74) is 0.441. The fourth-order valence-electron chi connectivity index (χ4n) is 1.92. The summed E-state index contributed by atoms with van der Waals surface area (Å²) < 4.78 is 10.9. The van der Waals surface area contributed by atoms with E-state index < -0.39 is 0 Å². The molecule has 1 fully saturated rings. The van der Waals surface area contributed by atoms with Crippen molar-refractivity contribution in [1.82, 2.24) is 10.3 Å². The number of amides is 1. The van der Waals surface area contributed by atoms with Crippen LogP contribution in [0.25, 0.3) is 0 Å². The highest BCUT2D eigenvalue weighted by Gasteiger charge is 2.21. The summed E-state index contributed by atoms with van der Waals surface area (Å²) in [5, 5.41) is 11.3. The van der Waals surface area contributed by atoms with Crippen molar-refractivity contribution < 1.29 is 19.4 Å². The molecule has 1 saturated heterocycles. The van der Waals surface area contributed by atoms with Gasteiger partial charge in [-0.3, -0.25) is 4.79 Å². The molecule has 0 bridgehead atoms. The third kappa shape index (κ3) is 5.18. The third-order valence-corrected chi connectivity index (χ3v) is 4.08. The van der Waals surface area contributed by atoms with Crippen LogP contribution >= 0.6 is 11.8 Å². The molecule has 0 aromatic carbocycles. The van der Waals surface area contributed by atoms with E-state index >= 15 is 0 Å². The van der Waals surface area contributed by atoms with Gasteiger partial charge in [-0.1, -0.05) is 0 Å². The Balaban J connectivity index is 1.87. The van der Waals surface area contributed by atoms with Crippen LogP contribution in [0.4, 0.5) is 0 Å². The number of aromatic nitrogens is 1. The van der Waals surface area contributed by atoms with Gasteiger partial charge in [0.05, 0.1) is 19.8 Å². The number of carbonyl (C=O) groups is 1. The SMILES string of the molecule is O=C(NCCOCCO)c1cccnc1OC1CCSC1. The molecule has 0 aliphatic carbocycles. The Bertz CT molecular complexity index is 452. The smallest absolute Gasteiger partial charge is 0.256 e. The molecule has 1 atom stereocenters. The molecule has 2 heterocycles. The van der Waals surface area contributed by atoms with E-state index in [0.717, 1.165) is 17.9 Å². The first-order valence-corrected chi connectivity index (χ1v) is 8.13. The zero-order chi connectivity index (χ0) is 14.9. The summed E-state index contributed by atoms with van der Waals surface area (Å²) in [6, 6.07) is 3.42. The van der Waals surface area contributed by atoms with Crippen LogP contribution in [0.3, 0.4) is 0 Å². The third-order valence-electron chi connectivity index (χ3n) is 2.95. The van der Waals surface area contributed by atoms with Gasteiger partial charge in [-0.2, -0.15) is 11.8 Å². The minimum atomic E-state index is -0.226. The van der Waals surface area contributed by atoms with E-state index in [9.17, 15) is 4.79 Å². The van der Waals surface area contributed by atoms with Crippen molar-refractivity contribution in [2.75, 3.05) is 37.9 Å². The highest BCUT2D eigenvalue weighted by Crippen LogP contribution is 2.24. The van der Waals surface area contributed by atoms with Gasteiger partial charge in [-0.05, 0) is 24.3 Å². The van der Waals surface area contributed by atoms with Crippen LogP contribution in [0.2, 0.25) is 0 Å². The fraction of sp³-hybridized carbons (Fsp3) is 0.571. The molecule has 7 heteroatoms. The van der Waals surface area contributed by atoms with E-state index in [-0.39, 0.29) is 25.2 Å². The van der Waals surface area contributed by atoms with Gasteiger partial charge >= 0.3 is 0 Å². The van der Waals surface area contributed by atoms with Crippen LogP contribution in [0, 0.1) is 0 Å². The van der Waals surface area contributed by atoms with Gasteiger partial charge < -0.3 is 19.9 Å². The average Bonchev–Trinajstić information content (AvgIpc) is 3.00. The lowest BCUT2D eigenvalue weighted by Gasteiger charge is -2.14. The second-order valence-electron chi connectivity index (χ2n) is 4.55. The zero-order valence-electron chi connectivity index (χ0n) is 11.8. The monoisotopic (exact) mass is 312 g/mol. The summed E-state index contributed by atoms with van der Waals surface area (Å²) in [4.78, 5) is 16.3. The van der Waals surface area contributed by atoms with Gasteiger partial charge in [-0.15, -0.1) is 0 Å². The minimum absolute atomic E-state index is 0.0199. The number of nitrogens with zero attached hydrogens (tertiary/aromatic N) is 1. The number of hydrogen-bond donors (Lipinski definition) is 2. The summed E-state index contributed by atoms with van der Waals surface area (Å²) >= 11 is 1.85. The molecule has 0 saturated carbocycles. The molecule has 1 aromatic rings. The Kier molecular flexibility index (Phi) is 6.78. The highest BCUT2D eigenvalue weighted by molar-refractivity contribution is 7.99. The lowest BCUT2D eigenvalue weighted by atomic mass is 10.2. The normalized spacial score (nSPS) is 17.7. The van der Waals surface area contributed by atoms with Crippen LogP contribution in [0.1, 0.15) is 16.8 Å². The Labute approximate surface area is 128 Å². The first-order valence-electron chi connectivity index (χ1n) is 6.97. The molecule has 1 aliphatic heterocycles. The van der Waals surface area contributed by atoms with Crippen molar-refractivity contribution in [2.24, 2.45) is 0 Å². The molecule has 116 valence electrons. The molecule has 1 aliphatic rings. The van der Waals surface area contributed by atoms with Gasteiger partial charge in [0.2, 0.25) is 5.88 Å². The molecule has 0 radical (unpaired) electrons. The van der Waals surface area contributed by atoms with Crippen molar-refractivity contribution in [3.8, 4) is 5.88 Å². The van der Waals surface area contributed by atoms with Crippen LogP contribution in [-0.4, -0.2) is 60.0 Å². The lowest BCUT2D eigenvalue weighted by molar-refractivity contribution is 0.0834. The number of carbonyl (C=O) groups excluding carboxylic acids is 1.